The monoisotopic (exact) mass is 231 g/mol. The van der Waals surface area contributed by atoms with Crippen molar-refractivity contribution in [3.8, 4) is 6.07 Å². The predicted molar refractivity (Wildman–Crippen MR) is 63.4 cm³/mol. The summed E-state index contributed by atoms with van der Waals surface area (Å²) in [5, 5.41) is 14.9. The highest BCUT2D eigenvalue weighted by atomic mass is 32.2. The number of carbonyl (C=O) groups excluding carboxylic acids is 1. The van der Waals surface area contributed by atoms with Crippen LogP contribution < -0.4 is 5.01 Å². The molecule has 1 heterocycles. The number of Topliss-reactive ketones (excluding diaryl/α,β-unsaturated/α-hetero) is 1. The molecule has 80 valence electrons. The van der Waals surface area contributed by atoms with Crippen LogP contribution in [-0.2, 0) is 4.79 Å². The van der Waals surface area contributed by atoms with Gasteiger partial charge in [0.25, 0.3) is 0 Å². The van der Waals surface area contributed by atoms with E-state index in [9.17, 15) is 4.79 Å². The van der Waals surface area contributed by atoms with Crippen LogP contribution in [0.15, 0.2) is 34.3 Å². The molecule has 0 radical (unpaired) electrons. The first-order chi connectivity index (χ1) is 7.72. The van der Waals surface area contributed by atoms with E-state index in [-0.39, 0.29) is 12.3 Å². The molecule has 2 rings (SSSR count). The minimum atomic E-state index is -0.0811. The molecule has 0 bridgehead atoms. The van der Waals surface area contributed by atoms with Crippen molar-refractivity contribution in [1.82, 2.24) is 0 Å². The normalized spacial score (nSPS) is 13.8. The minimum absolute atomic E-state index is 0.0811. The lowest BCUT2D eigenvalue weighted by atomic mass is 10.3. The van der Waals surface area contributed by atoms with Crippen molar-refractivity contribution in [3.63, 3.8) is 0 Å². The van der Waals surface area contributed by atoms with E-state index in [1.54, 1.807) is 5.01 Å². The number of thioether (sulfide) groups is 1. The molecule has 0 N–H and O–H groups in total. The summed E-state index contributed by atoms with van der Waals surface area (Å²) in [4.78, 5) is 12.3. The minimum Gasteiger partial charge on any atom is -0.292 e. The molecular formula is C11H9N3OS. The first-order valence-corrected chi connectivity index (χ1v) is 5.55. The van der Waals surface area contributed by atoms with E-state index in [4.69, 9.17) is 5.26 Å². The number of anilines is 1. The third-order valence-electron chi connectivity index (χ3n) is 2.08. The highest BCUT2D eigenvalue weighted by Crippen LogP contribution is 2.35. The molecule has 0 saturated carbocycles. The van der Waals surface area contributed by atoms with Gasteiger partial charge in [-0.05, 0) is 12.1 Å². The van der Waals surface area contributed by atoms with Gasteiger partial charge in [-0.2, -0.15) is 10.4 Å². The SMILES string of the molecule is CC(=O)C1=NN(CC#N)c2ccccc2S1. The molecule has 5 heteroatoms. The molecule has 0 spiro atoms. The fraction of sp³-hybridized carbons (Fsp3) is 0.182. The molecule has 16 heavy (non-hydrogen) atoms. The average Bonchev–Trinajstić information content (AvgIpc) is 2.29. The Morgan fingerprint density at radius 1 is 1.56 bits per heavy atom. The van der Waals surface area contributed by atoms with Gasteiger partial charge in [0.2, 0.25) is 0 Å². The number of carbonyl (C=O) groups is 1. The molecule has 4 nitrogen and oxygen atoms in total. The number of nitriles is 1. The summed E-state index contributed by atoms with van der Waals surface area (Å²) in [6, 6.07) is 9.63. The third-order valence-corrected chi connectivity index (χ3v) is 3.21. The molecule has 0 saturated heterocycles. The summed E-state index contributed by atoms with van der Waals surface area (Å²) in [7, 11) is 0. The Morgan fingerprint density at radius 2 is 2.31 bits per heavy atom. The van der Waals surface area contributed by atoms with Crippen molar-refractivity contribution >= 4 is 28.3 Å². The molecule has 1 aromatic carbocycles. The molecule has 0 aliphatic carbocycles. The molecule has 1 aliphatic heterocycles. The lowest BCUT2D eigenvalue weighted by Gasteiger charge is -2.24. The molecule has 0 amide bonds. The Bertz CT molecular complexity index is 504. The van der Waals surface area contributed by atoms with Gasteiger partial charge in [-0.25, -0.2) is 5.01 Å². The Kier molecular flexibility index (Phi) is 2.93. The van der Waals surface area contributed by atoms with Gasteiger partial charge in [-0.15, -0.1) is 0 Å². The lowest BCUT2D eigenvalue weighted by molar-refractivity contribution is -0.110. The number of fused-ring (bicyclic) bond motifs is 1. The number of nitrogens with zero attached hydrogens (tertiary/aromatic N) is 3. The van der Waals surface area contributed by atoms with Gasteiger partial charge < -0.3 is 0 Å². The summed E-state index contributed by atoms with van der Waals surface area (Å²) >= 11 is 1.34. The smallest absolute Gasteiger partial charge is 0.186 e. The number of para-hydroxylation sites is 1. The second kappa shape index (κ2) is 4.37. The van der Waals surface area contributed by atoms with Gasteiger partial charge in [0, 0.05) is 11.8 Å². The topological polar surface area (TPSA) is 56.5 Å². The predicted octanol–water partition coefficient (Wildman–Crippen LogP) is 2.02. The third kappa shape index (κ3) is 1.92. The van der Waals surface area contributed by atoms with Crippen molar-refractivity contribution in [2.24, 2.45) is 5.10 Å². The zero-order valence-electron chi connectivity index (χ0n) is 8.67. The van der Waals surface area contributed by atoms with Crippen LogP contribution in [0.25, 0.3) is 0 Å². The Balaban J connectivity index is 2.43. The van der Waals surface area contributed by atoms with Crippen LogP contribution in [-0.4, -0.2) is 17.4 Å². The summed E-state index contributed by atoms with van der Waals surface area (Å²) in [6.45, 7) is 1.62. The summed E-state index contributed by atoms with van der Waals surface area (Å²) in [6.07, 6.45) is 0. The quantitative estimate of drug-likeness (QED) is 0.731. The van der Waals surface area contributed by atoms with Gasteiger partial charge in [0.1, 0.15) is 6.54 Å². The second-order valence-electron chi connectivity index (χ2n) is 3.25. The van der Waals surface area contributed by atoms with E-state index in [1.807, 2.05) is 30.3 Å². The average molecular weight is 231 g/mol. The molecule has 0 atom stereocenters. The Morgan fingerprint density at radius 3 is 3.00 bits per heavy atom. The van der Waals surface area contributed by atoms with Crippen LogP contribution in [0.5, 0.6) is 0 Å². The largest absolute Gasteiger partial charge is 0.292 e. The van der Waals surface area contributed by atoms with Crippen LogP contribution >= 0.6 is 11.8 Å². The first kappa shape index (κ1) is 10.7. The molecular weight excluding hydrogens is 222 g/mol. The zero-order chi connectivity index (χ0) is 11.5. The highest BCUT2D eigenvalue weighted by Gasteiger charge is 2.21. The van der Waals surface area contributed by atoms with E-state index >= 15 is 0 Å². The van der Waals surface area contributed by atoms with Gasteiger partial charge in [-0.3, -0.25) is 4.79 Å². The zero-order valence-corrected chi connectivity index (χ0v) is 9.49. The van der Waals surface area contributed by atoms with E-state index in [0.29, 0.717) is 5.04 Å². The Labute approximate surface area is 97.6 Å². The maximum atomic E-state index is 11.3. The highest BCUT2D eigenvalue weighted by molar-refractivity contribution is 8.16. The summed E-state index contributed by atoms with van der Waals surface area (Å²) in [5.41, 5.74) is 0.874. The maximum absolute atomic E-state index is 11.3. The number of benzene rings is 1. The molecule has 0 unspecified atom stereocenters. The van der Waals surface area contributed by atoms with Crippen molar-refractivity contribution in [3.05, 3.63) is 24.3 Å². The van der Waals surface area contributed by atoms with Gasteiger partial charge in [0.15, 0.2) is 10.8 Å². The van der Waals surface area contributed by atoms with Crippen molar-refractivity contribution < 1.29 is 4.79 Å². The fourth-order valence-electron chi connectivity index (χ4n) is 1.37. The van der Waals surface area contributed by atoms with E-state index in [0.717, 1.165) is 10.6 Å². The van der Waals surface area contributed by atoms with Crippen molar-refractivity contribution in [2.75, 3.05) is 11.6 Å². The van der Waals surface area contributed by atoms with Crippen LogP contribution in [0.1, 0.15) is 6.92 Å². The van der Waals surface area contributed by atoms with Crippen LogP contribution in [0, 0.1) is 11.3 Å². The van der Waals surface area contributed by atoms with Gasteiger partial charge in [0.05, 0.1) is 11.8 Å². The number of hydrogen-bond donors (Lipinski definition) is 0. The number of rotatable bonds is 2. The first-order valence-electron chi connectivity index (χ1n) is 4.73. The second-order valence-corrected chi connectivity index (χ2v) is 4.28. The van der Waals surface area contributed by atoms with Crippen LogP contribution in [0.4, 0.5) is 5.69 Å². The van der Waals surface area contributed by atoms with Crippen LogP contribution in [0.3, 0.4) is 0 Å². The molecule has 1 aliphatic rings. The standard InChI is InChI=1S/C11H9N3OS/c1-8(15)11-13-14(7-6-12)9-4-2-3-5-10(9)16-11/h2-5H,7H2,1H3. The number of hydrogen-bond acceptors (Lipinski definition) is 5. The van der Waals surface area contributed by atoms with Crippen molar-refractivity contribution in [1.29, 1.82) is 5.26 Å². The number of hydrazone groups is 1. The molecule has 0 fully saturated rings. The van der Waals surface area contributed by atoms with E-state index in [1.165, 1.54) is 18.7 Å². The van der Waals surface area contributed by atoms with E-state index < -0.39 is 0 Å². The lowest BCUT2D eigenvalue weighted by Crippen LogP contribution is -2.24. The number of ketones is 1. The Hall–Kier alpha value is -1.80. The summed E-state index contributed by atoms with van der Waals surface area (Å²) < 4.78 is 0. The maximum Gasteiger partial charge on any atom is 0.186 e. The van der Waals surface area contributed by atoms with Crippen LogP contribution in [0.2, 0.25) is 0 Å². The fourth-order valence-corrected chi connectivity index (χ4v) is 2.29. The summed E-state index contributed by atoms with van der Waals surface area (Å²) in [5.74, 6) is -0.0811. The molecule has 0 aromatic heterocycles. The van der Waals surface area contributed by atoms with Gasteiger partial charge >= 0.3 is 0 Å². The van der Waals surface area contributed by atoms with Crippen molar-refractivity contribution in [2.45, 2.75) is 11.8 Å². The van der Waals surface area contributed by atoms with Gasteiger partial charge in [-0.1, -0.05) is 23.9 Å². The van der Waals surface area contributed by atoms with E-state index in [2.05, 4.69) is 5.10 Å². The molecule has 1 aromatic rings.